The molecule has 4 nitrogen and oxygen atoms in total. The highest BCUT2D eigenvalue weighted by Crippen LogP contribution is 2.26. The van der Waals surface area contributed by atoms with Gasteiger partial charge < -0.3 is 10.5 Å². The molecule has 2 unspecified atom stereocenters. The fourth-order valence-corrected chi connectivity index (χ4v) is 2.11. The summed E-state index contributed by atoms with van der Waals surface area (Å²) in [6, 6.07) is 5.63. The first-order valence-corrected chi connectivity index (χ1v) is 6.92. The molecule has 2 heterocycles. The molecule has 0 fully saturated rings. The molecule has 2 rings (SSSR count). The normalized spacial score (nSPS) is 13.8. The van der Waals surface area contributed by atoms with Gasteiger partial charge >= 0.3 is 0 Å². The molecule has 2 aromatic rings. The molecule has 2 aromatic heterocycles. The van der Waals surface area contributed by atoms with Gasteiger partial charge in [0.1, 0.15) is 11.9 Å². The Labute approximate surface area is 121 Å². The average Bonchev–Trinajstić information content (AvgIpc) is 2.45. The number of halogens is 1. The summed E-state index contributed by atoms with van der Waals surface area (Å²) in [5.41, 5.74) is 7.12. The zero-order valence-corrected chi connectivity index (χ0v) is 12.2. The van der Waals surface area contributed by atoms with E-state index in [1.54, 1.807) is 24.8 Å². The largest absolute Gasteiger partial charge is 0.482 e. The molecule has 0 aliphatic carbocycles. The van der Waals surface area contributed by atoms with Crippen molar-refractivity contribution < 1.29 is 4.74 Å². The van der Waals surface area contributed by atoms with Crippen LogP contribution in [0.15, 0.2) is 47.5 Å². The van der Waals surface area contributed by atoms with E-state index in [1.807, 2.05) is 25.1 Å². The van der Waals surface area contributed by atoms with Crippen molar-refractivity contribution in [1.29, 1.82) is 0 Å². The first kappa shape index (κ1) is 14.0. The monoisotopic (exact) mass is 321 g/mol. The van der Waals surface area contributed by atoms with E-state index >= 15 is 0 Å². The van der Waals surface area contributed by atoms with Crippen LogP contribution in [-0.2, 0) is 0 Å². The molecule has 0 aromatic carbocycles. The summed E-state index contributed by atoms with van der Waals surface area (Å²) in [7, 11) is 0. The second kappa shape index (κ2) is 6.63. The van der Waals surface area contributed by atoms with Crippen LogP contribution in [0.2, 0.25) is 0 Å². The highest BCUT2D eigenvalue weighted by molar-refractivity contribution is 9.10. The molecule has 0 aliphatic heterocycles. The fourth-order valence-electron chi connectivity index (χ4n) is 1.76. The van der Waals surface area contributed by atoms with Crippen molar-refractivity contribution in [3.8, 4) is 5.75 Å². The fraction of sp³-hybridized carbons (Fsp3) is 0.286. The molecule has 0 saturated carbocycles. The van der Waals surface area contributed by atoms with E-state index in [0.717, 1.165) is 16.5 Å². The van der Waals surface area contributed by atoms with Crippen LogP contribution < -0.4 is 10.5 Å². The lowest BCUT2D eigenvalue weighted by Crippen LogP contribution is -2.31. The molecule has 0 saturated heterocycles. The standard InChI is InChI=1S/C14H16BrN3O/c1-2-13(16)14(10-4-3-5-17-7-10)19-12-6-11(15)8-18-9-12/h3-9,13-14H,2,16H2,1H3. The Balaban J connectivity index is 2.24. The van der Waals surface area contributed by atoms with E-state index in [-0.39, 0.29) is 12.1 Å². The maximum absolute atomic E-state index is 6.15. The summed E-state index contributed by atoms with van der Waals surface area (Å²) >= 11 is 3.38. The number of ether oxygens (including phenoxy) is 1. The lowest BCUT2D eigenvalue weighted by molar-refractivity contribution is 0.170. The van der Waals surface area contributed by atoms with Crippen molar-refractivity contribution in [3.05, 3.63) is 53.0 Å². The van der Waals surface area contributed by atoms with Gasteiger partial charge in [-0.15, -0.1) is 0 Å². The predicted octanol–water partition coefficient (Wildman–Crippen LogP) is 3.10. The minimum Gasteiger partial charge on any atom is -0.482 e. The highest BCUT2D eigenvalue weighted by atomic mass is 79.9. The minimum atomic E-state index is -0.227. The van der Waals surface area contributed by atoms with Gasteiger partial charge in [0, 0.05) is 34.7 Å². The van der Waals surface area contributed by atoms with Crippen LogP contribution in [0.5, 0.6) is 5.75 Å². The first-order valence-electron chi connectivity index (χ1n) is 6.13. The number of aromatic nitrogens is 2. The van der Waals surface area contributed by atoms with Crippen molar-refractivity contribution >= 4 is 15.9 Å². The second-order valence-electron chi connectivity index (χ2n) is 4.24. The number of pyridine rings is 2. The average molecular weight is 322 g/mol. The summed E-state index contributed by atoms with van der Waals surface area (Å²) in [6.07, 6.45) is 7.50. The van der Waals surface area contributed by atoms with Gasteiger partial charge in [-0.2, -0.15) is 0 Å². The van der Waals surface area contributed by atoms with Crippen LogP contribution in [0, 0.1) is 0 Å². The third-order valence-electron chi connectivity index (χ3n) is 2.82. The summed E-state index contributed by atoms with van der Waals surface area (Å²) in [4.78, 5) is 8.21. The summed E-state index contributed by atoms with van der Waals surface area (Å²) < 4.78 is 6.85. The molecule has 0 radical (unpaired) electrons. The van der Waals surface area contributed by atoms with Gasteiger partial charge in [0.05, 0.1) is 6.20 Å². The lowest BCUT2D eigenvalue weighted by atomic mass is 10.0. The van der Waals surface area contributed by atoms with Gasteiger partial charge in [0.15, 0.2) is 0 Å². The second-order valence-corrected chi connectivity index (χ2v) is 5.15. The quantitative estimate of drug-likeness (QED) is 0.919. The van der Waals surface area contributed by atoms with Crippen molar-refractivity contribution in [3.63, 3.8) is 0 Å². The first-order chi connectivity index (χ1) is 9.20. The number of hydrogen-bond acceptors (Lipinski definition) is 4. The van der Waals surface area contributed by atoms with Gasteiger partial charge in [-0.25, -0.2) is 0 Å². The maximum atomic E-state index is 6.15. The Hall–Kier alpha value is -1.46. The van der Waals surface area contributed by atoms with Crippen molar-refractivity contribution in [1.82, 2.24) is 9.97 Å². The molecule has 0 bridgehead atoms. The molecule has 19 heavy (non-hydrogen) atoms. The highest BCUT2D eigenvalue weighted by Gasteiger charge is 2.20. The van der Waals surface area contributed by atoms with Crippen molar-refractivity contribution in [2.45, 2.75) is 25.5 Å². The molecule has 0 spiro atoms. The van der Waals surface area contributed by atoms with E-state index in [2.05, 4.69) is 25.9 Å². The van der Waals surface area contributed by atoms with Gasteiger partial charge in [-0.3, -0.25) is 9.97 Å². The molecule has 100 valence electrons. The van der Waals surface area contributed by atoms with E-state index in [1.165, 1.54) is 0 Å². The molecule has 5 heteroatoms. The number of hydrogen-bond donors (Lipinski definition) is 1. The Morgan fingerprint density at radius 3 is 2.79 bits per heavy atom. The van der Waals surface area contributed by atoms with Crippen molar-refractivity contribution in [2.75, 3.05) is 0 Å². The Bertz CT molecular complexity index is 521. The van der Waals surface area contributed by atoms with Crippen LogP contribution in [0.25, 0.3) is 0 Å². The van der Waals surface area contributed by atoms with Gasteiger partial charge in [0.25, 0.3) is 0 Å². The van der Waals surface area contributed by atoms with Crippen LogP contribution in [-0.4, -0.2) is 16.0 Å². The Morgan fingerprint density at radius 2 is 2.16 bits per heavy atom. The van der Waals surface area contributed by atoms with Crippen molar-refractivity contribution in [2.24, 2.45) is 5.73 Å². The summed E-state index contributed by atoms with van der Waals surface area (Å²) in [5.74, 6) is 0.687. The molecule has 2 N–H and O–H groups in total. The predicted molar refractivity (Wildman–Crippen MR) is 77.8 cm³/mol. The Kier molecular flexibility index (Phi) is 4.87. The van der Waals surface area contributed by atoms with Gasteiger partial charge in [-0.1, -0.05) is 13.0 Å². The summed E-state index contributed by atoms with van der Waals surface area (Å²) in [5, 5.41) is 0. The van der Waals surface area contributed by atoms with E-state index in [0.29, 0.717) is 5.75 Å². The number of rotatable bonds is 5. The molecule has 2 atom stereocenters. The molecular formula is C14H16BrN3O. The number of nitrogens with zero attached hydrogens (tertiary/aromatic N) is 2. The summed E-state index contributed by atoms with van der Waals surface area (Å²) in [6.45, 7) is 2.04. The van der Waals surface area contributed by atoms with E-state index < -0.39 is 0 Å². The molecule has 0 amide bonds. The van der Waals surface area contributed by atoms with Crippen LogP contribution in [0.4, 0.5) is 0 Å². The SMILES string of the molecule is CCC(N)C(Oc1cncc(Br)c1)c1cccnc1. The third-order valence-corrected chi connectivity index (χ3v) is 3.25. The van der Waals surface area contributed by atoms with E-state index in [9.17, 15) is 0 Å². The topological polar surface area (TPSA) is 61.0 Å². The lowest BCUT2D eigenvalue weighted by Gasteiger charge is -2.24. The minimum absolute atomic E-state index is 0.0943. The third kappa shape index (κ3) is 3.75. The number of nitrogens with two attached hydrogens (primary N) is 1. The van der Waals surface area contributed by atoms with Crippen LogP contribution >= 0.6 is 15.9 Å². The van der Waals surface area contributed by atoms with E-state index in [4.69, 9.17) is 10.5 Å². The molecule has 0 aliphatic rings. The zero-order valence-electron chi connectivity index (χ0n) is 10.7. The smallest absolute Gasteiger partial charge is 0.140 e. The van der Waals surface area contributed by atoms with Crippen LogP contribution in [0.3, 0.4) is 0 Å². The maximum Gasteiger partial charge on any atom is 0.140 e. The van der Waals surface area contributed by atoms with Gasteiger partial charge in [0.2, 0.25) is 0 Å². The zero-order chi connectivity index (χ0) is 13.7. The molecular weight excluding hydrogens is 306 g/mol. The Morgan fingerprint density at radius 1 is 1.32 bits per heavy atom. The van der Waals surface area contributed by atoms with Gasteiger partial charge in [-0.05, 0) is 34.5 Å². The van der Waals surface area contributed by atoms with Crippen LogP contribution in [0.1, 0.15) is 25.0 Å².